The lowest BCUT2D eigenvalue weighted by molar-refractivity contribution is -0.118. The molecule has 2 aromatic carbocycles. The molecule has 25 heavy (non-hydrogen) atoms. The number of rotatable bonds is 4. The van der Waals surface area contributed by atoms with Crippen LogP contribution >= 0.6 is 15.9 Å². The van der Waals surface area contributed by atoms with E-state index < -0.39 is 0 Å². The Morgan fingerprint density at radius 3 is 2.40 bits per heavy atom. The molecule has 1 aliphatic rings. The molecule has 2 atom stereocenters. The molecule has 1 saturated heterocycles. The van der Waals surface area contributed by atoms with E-state index in [4.69, 9.17) is 0 Å². The zero-order valence-electron chi connectivity index (χ0n) is 13.7. The number of anilines is 2. The Kier molecular flexibility index (Phi) is 5.47. The topological polar surface area (TPSA) is 82.3 Å². The van der Waals surface area contributed by atoms with Crippen LogP contribution in [0.3, 0.4) is 0 Å². The van der Waals surface area contributed by atoms with Crippen molar-refractivity contribution in [1.82, 2.24) is 10.9 Å². The molecule has 7 heteroatoms. The molecule has 0 aliphatic carbocycles. The highest BCUT2D eigenvalue weighted by Gasteiger charge is 2.30. The Bertz CT molecular complexity index is 779. The second kappa shape index (κ2) is 7.77. The summed E-state index contributed by atoms with van der Waals surface area (Å²) in [5.41, 5.74) is 8.62. The summed E-state index contributed by atoms with van der Waals surface area (Å²) < 4.78 is 1.02. The zero-order chi connectivity index (χ0) is 17.8. The quantitative estimate of drug-likeness (QED) is 0.633. The smallest absolute Gasteiger partial charge is 0.242 e. The van der Waals surface area contributed by atoms with E-state index in [1.807, 2.05) is 24.3 Å². The molecule has 6 nitrogen and oxygen atoms in total. The molecule has 2 unspecified atom stereocenters. The van der Waals surface area contributed by atoms with E-state index in [2.05, 4.69) is 37.4 Å². The molecule has 0 saturated carbocycles. The van der Waals surface area contributed by atoms with E-state index in [1.165, 1.54) is 6.92 Å². The summed E-state index contributed by atoms with van der Waals surface area (Å²) in [5.74, 6) is -0.269. The van der Waals surface area contributed by atoms with Crippen LogP contribution in [-0.4, -0.2) is 17.9 Å². The molecule has 0 aromatic heterocycles. The molecule has 4 N–H and O–H groups in total. The second-order valence-corrected chi connectivity index (χ2v) is 6.85. The van der Waals surface area contributed by atoms with E-state index in [0.29, 0.717) is 17.8 Å². The standard InChI is InChI=1S/C18H19BrN4O2/c1-11(24)20-14-3-2-4-15(9-14)21-18(25)17-10-16(22-23-17)12-5-7-13(19)8-6-12/h2-9,16-17,22-23H,10H2,1H3,(H,20,24)(H,21,25). The van der Waals surface area contributed by atoms with E-state index in [0.717, 1.165) is 10.0 Å². The van der Waals surface area contributed by atoms with Gasteiger partial charge in [-0.1, -0.05) is 34.1 Å². The van der Waals surface area contributed by atoms with Crippen molar-refractivity contribution in [2.75, 3.05) is 10.6 Å². The predicted octanol–water partition coefficient (Wildman–Crippen LogP) is 2.95. The molecule has 1 fully saturated rings. The Morgan fingerprint density at radius 1 is 1.04 bits per heavy atom. The van der Waals surface area contributed by atoms with Crippen LogP contribution in [0.15, 0.2) is 53.0 Å². The minimum absolute atomic E-state index is 0.0783. The normalized spacial score (nSPS) is 19.4. The molecule has 3 rings (SSSR count). The first-order valence-corrected chi connectivity index (χ1v) is 8.75. The van der Waals surface area contributed by atoms with Crippen LogP contribution in [0.4, 0.5) is 11.4 Å². The maximum absolute atomic E-state index is 12.5. The number of hydrogen-bond donors (Lipinski definition) is 4. The zero-order valence-corrected chi connectivity index (χ0v) is 15.3. The summed E-state index contributed by atoms with van der Waals surface area (Å²) in [6, 6.07) is 14.8. The lowest BCUT2D eigenvalue weighted by atomic mass is 10.0. The van der Waals surface area contributed by atoms with Crippen LogP contribution in [0.25, 0.3) is 0 Å². The van der Waals surface area contributed by atoms with E-state index in [-0.39, 0.29) is 23.9 Å². The van der Waals surface area contributed by atoms with E-state index >= 15 is 0 Å². The number of hydrazine groups is 1. The number of nitrogens with one attached hydrogen (secondary N) is 4. The number of amides is 2. The third-order valence-corrected chi connectivity index (χ3v) is 4.47. The number of benzene rings is 2. The van der Waals surface area contributed by atoms with Crippen LogP contribution in [0.2, 0.25) is 0 Å². The maximum atomic E-state index is 12.5. The highest BCUT2D eigenvalue weighted by atomic mass is 79.9. The fraction of sp³-hybridized carbons (Fsp3) is 0.222. The van der Waals surface area contributed by atoms with Gasteiger partial charge in [0, 0.05) is 28.8 Å². The first-order valence-electron chi connectivity index (χ1n) is 7.96. The van der Waals surface area contributed by atoms with Crippen molar-refractivity contribution in [1.29, 1.82) is 0 Å². The highest BCUT2D eigenvalue weighted by molar-refractivity contribution is 9.10. The monoisotopic (exact) mass is 402 g/mol. The maximum Gasteiger partial charge on any atom is 0.242 e. The lowest BCUT2D eigenvalue weighted by Crippen LogP contribution is -2.39. The van der Waals surface area contributed by atoms with Crippen LogP contribution in [0.1, 0.15) is 24.9 Å². The van der Waals surface area contributed by atoms with Crippen LogP contribution in [0, 0.1) is 0 Å². The summed E-state index contributed by atoms with van der Waals surface area (Å²) >= 11 is 3.42. The van der Waals surface area contributed by atoms with Gasteiger partial charge in [-0.3, -0.25) is 9.59 Å². The van der Waals surface area contributed by atoms with Gasteiger partial charge in [-0.25, -0.2) is 10.9 Å². The van der Waals surface area contributed by atoms with Crippen molar-refractivity contribution in [2.45, 2.75) is 25.4 Å². The van der Waals surface area contributed by atoms with E-state index in [1.54, 1.807) is 24.3 Å². The second-order valence-electron chi connectivity index (χ2n) is 5.93. The molecule has 130 valence electrons. The van der Waals surface area contributed by atoms with Gasteiger partial charge in [-0.15, -0.1) is 0 Å². The number of halogens is 1. The number of carbonyl (C=O) groups is 2. The summed E-state index contributed by atoms with van der Waals surface area (Å²) in [4.78, 5) is 23.6. The van der Waals surface area contributed by atoms with Gasteiger partial charge in [0.25, 0.3) is 0 Å². The first-order chi connectivity index (χ1) is 12.0. The van der Waals surface area contributed by atoms with Crippen molar-refractivity contribution in [2.24, 2.45) is 0 Å². The predicted molar refractivity (Wildman–Crippen MR) is 101 cm³/mol. The number of hydrogen-bond acceptors (Lipinski definition) is 4. The molecule has 0 spiro atoms. The summed E-state index contributed by atoms with van der Waals surface area (Å²) in [7, 11) is 0. The van der Waals surface area contributed by atoms with Crippen LogP contribution in [-0.2, 0) is 9.59 Å². The molecule has 1 aliphatic heterocycles. The molecular formula is C18H19BrN4O2. The van der Waals surface area contributed by atoms with Crippen molar-refractivity contribution < 1.29 is 9.59 Å². The van der Waals surface area contributed by atoms with Gasteiger partial charge in [0.2, 0.25) is 11.8 Å². The Hall–Kier alpha value is -2.22. The van der Waals surface area contributed by atoms with Gasteiger partial charge in [0.05, 0.1) is 0 Å². The minimum Gasteiger partial charge on any atom is -0.326 e. The van der Waals surface area contributed by atoms with Crippen LogP contribution in [0.5, 0.6) is 0 Å². The van der Waals surface area contributed by atoms with Crippen molar-refractivity contribution in [3.8, 4) is 0 Å². The van der Waals surface area contributed by atoms with E-state index in [9.17, 15) is 9.59 Å². The average molecular weight is 403 g/mol. The third kappa shape index (κ3) is 4.66. The molecule has 0 bridgehead atoms. The van der Waals surface area contributed by atoms with Gasteiger partial charge >= 0.3 is 0 Å². The Labute approximate surface area is 154 Å². The van der Waals surface area contributed by atoms with Gasteiger partial charge < -0.3 is 10.6 Å². The number of carbonyl (C=O) groups excluding carboxylic acids is 2. The fourth-order valence-electron chi connectivity index (χ4n) is 2.75. The van der Waals surface area contributed by atoms with Crippen molar-refractivity contribution in [3.63, 3.8) is 0 Å². The SMILES string of the molecule is CC(=O)Nc1cccc(NC(=O)C2CC(c3ccc(Br)cc3)NN2)c1. The van der Waals surface area contributed by atoms with Gasteiger partial charge in [0.15, 0.2) is 0 Å². The molecule has 2 aromatic rings. The fourth-order valence-corrected chi connectivity index (χ4v) is 3.01. The molecule has 1 heterocycles. The summed E-state index contributed by atoms with van der Waals surface area (Å²) in [5, 5.41) is 5.58. The average Bonchev–Trinajstić information content (AvgIpc) is 3.05. The highest BCUT2D eigenvalue weighted by Crippen LogP contribution is 2.24. The molecule has 2 amide bonds. The van der Waals surface area contributed by atoms with Crippen LogP contribution < -0.4 is 21.5 Å². The summed E-state index contributed by atoms with van der Waals surface area (Å²) in [6.45, 7) is 1.45. The van der Waals surface area contributed by atoms with Crippen molar-refractivity contribution in [3.05, 3.63) is 58.6 Å². The van der Waals surface area contributed by atoms with Gasteiger partial charge in [-0.2, -0.15) is 0 Å². The molecular weight excluding hydrogens is 384 g/mol. The molecule has 0 radical (unpaired) electrons. The van der Waals surface area contributed by atoms with Crippen molar-refractivity contribution >= 4 is 39.1 Å². The summed E-state index contributed by atoms with van der Waals surface area (Å²) in [6.07, 6.45) is 0.652. The van der Waals surface area contributed by atoms with Gasteiger partial charge in [0.1, 0.15) is 6.04 Å². The first kappa shape index (κ1) is 17.6. The third-order valence-electron chi connectivity index (χ3n) is 3.94. The Morgan fingerprint density at radius 2 is 1.72 bits per heavy atom. The lowest BCUT2D eigenvalue weighted by Gasteiger charge is -2.12. The largest absolute Gasteiger partial charge is 0.326 e. The van der Waals surface area contributed by atoms with Gasteiger partial charge in [-0.05, 0) is 42.3 Å². The Balaban J connectivity index is 1.61. The minimum atomic E-state index is -0.335.